The SMILES string of the molecule is CC1(O)CCCC1n1c(=O)c(C#N)cc2cnc(Nc3ccc4c(c3)CCNC4)nc21. The quantitative estimate of drug-likeness (QED) is 0.601. The second-order valence-electron chi connectivity index (χ2n) is 8.62. The maximum Gasteiger partial charge on any atom is 0.270 e. The van der Waals surface area contributed by atoms with Crippen molar-refractivity contribution in [3.63, 3.8) is 0 Å². The first-order valence-electron chi connectivity index (χ1n) is 10.6. The molecule has 0 radical (unpaired) electrons. The molecule has 0 saturated heterocycles. The molecule has 0 amide bonds. The first kappa shape index (κ1) is 19.7. The molecule has 3 aromatic rings. The summed E-state index contributed by atoms with van der Waals surface area (Å²) in [5.41, 5.74) is 2.47. The topological polar surface area (TPSA) is 116 Å². The van der Waals surface area contributed by atoms with Crippen molar-refractivity contribution < 1.29 is 5.11 Å². The number of aliphatic hydroxyl groups is 1. The summed E-state index contributed by atoms with van der Waals surface area (Å²) in [6.45, 7) is 3.57. The zero-order valence-electron chi connectivity index (χ0n) is 17.4. The number of benzene rings is 1. The molecule has 3 heterocycles. The van der Waals surface area contributed by atoms with Gasteiger partial charge in [0, 0.05) is 23.8 Å². The van der Waals surface area contributed by atoms with Crippen molar-refractivity contribution in [2.24, 2.45) is 0 Å². The first-order valence-corrected chi connectivity index (χ1v) is 10.6. The molecule has 31 heavy (non-hydrogen) atoms. The van der Waals surface area contributed by atoms with Gasteiger partial charge in [0.2, 0.25) is 5.95 Å². The van der Waals surface area contributed by atoms with E-state index in [-0.39, 0.29) is 5.56 Å². The molecule has 1 fully saturated rings. The maximum absolute atomic E-state index is 13.1. The van der Waals surface area contributed by atoms with E-state index in [0.29, 0.717) is 29.8 Å². The third-order valence-corrected chi connectivity index (χ3v) is 6.43. The number of rotatable bonds is 3. The Labute approximate surface area is 179 Å². The Hall–Kier alpha value is -3.28. The van der Waals surface area contributed by atoms with Gasteiger partial charge < -0.3 is 15.7 Å². The third-order valence-electron chi connectivity index (χ3n) is 6.43. The Morgan fingerprint density at radius 1 is 1.35 bits per heavy atom. The number of anilines is 2. The van der Waals surface area contributed by atoms with Crippen molar-refractivity contribution in [2.45, 2.75) is 50.8 Å². The molecule has 2 unspecified atom stereocenters. The molecule has 5 rings (SSSR count). The highest BCUT2D eigenvalue weighted by atomic mass is 16.3. The van der Waals surface area contributed by atoms with E-state index in [1.165, 1.54) is 21.8 Å². The smallest absolute Gasteiger partial charge is 0.270 e. The van der Waals surface area contributed by atoms with E-state index in [0.717, 1.165) is 31.6 Å². The molecular weight excluding hydrogens is 392 g/mol. The Morgan fingerprint density at radius 3 is 3.00 bits per heavy atom. The van der Waals surface area contributed by atoms with Crippen LogP contribution >= 0.6 is 0 Å². The van der Waals surface area contributed by atoms with E-state index in [4.69, 9.17) is 0 Å². The van der Waals surface area contributed by atoms with Crippen molar-refractivity contribution in [1.82, 2.24) is 19.9 Å². The molecule has 2 atom stereocenters. The van der Waals surface area contributed by atoms with E-state index >= 15 is 0 Å². The first-order chi connectivity index (χ1) is 15.0. The summed E-state index contributed by atoms with van der Waals surface area (Å²) in [5.74, 6) is 0.372. The van der Waals surface area contributed by atoms with Crippen molar-refractivity contribution in [2.75, 3.05) is 11.9 Å². The number of hydrogen-bond acceptors (Lipinski definition) is 7. The summed E-state index contributed by atoms with van der Waals surface area (Å²) in [7, 11) is 0. The molecule has 1 aliphatic carbocycles. The summed E-state index contributed by atoms with van der Waals surface area (Å²) in [6, 6.07) is 9.25. The van der Waals surface area contributed by atoms with Gasteiger partial charge in [0.15, 0.2) is 0 Å². The van der Waals surface area contributed by atoms with Crippen LogP contribution in [0.1, 0.15) is 48.9 Å². The average molecular weight is 416 g/mol. The van der Waals surface area contributed by atoms with Gasteiger partial charge in [0.1, 0.15) is 17.3 Å². The lowest BCUT2D eigenvalue weighted by atomic mass is 9.99. The fourth-order valence-electron chi connectivity index (χ4n) is 4.77. The van der Waals surface area contributed by atoms with Gasteiger partial charge in [0.05, 0.1) is 11.6 Å². The number of pyridine rings is 1. The van der Waals surface area contributed by atoms with Crippen LogP contribution in [-0.4, -0.2) is 31.8 Å². The lowest BCUT2D eigenvalue weighted by molar-refractivity contribution is 0.0266. The molecule has 0 spiro atoms. The van der Waals surface area contributed by atoms with Crippen LogP contribution < -0.4 is 16.2 Å². The summed E-state index contributed by atoms with van der Waals surface area (Å²) < 4.78 is 1.49. The van der Waals surface area contributed by atoms with E-state index in [9.17, 15) is 15.2 Å². The van der Waals surface area contributed by atoms with Gasteiger partial charge in [-0.05, 0) is 68.5 Å². The van der Waals surface area contributed by atoms with Crippen molar-refractivity contribution in [3.8, 4) is 6.07 Å². The molecule has 1 aromatic carbocycles. The molecule has 1 aliphatic heterocycles. The molecule has 8 nitrogen and oxygen atoms in total. The van der Waals surface area contributed by atoms with Crippen molar-refractivity contribution in [3.05, 3.63) is 57.5 Å². The Balaban J connectivity index is 1.60. The van der Waals surface area contributed by atoms with Gasteiger partial charge in [-0.2, -0.15) is 10.2 Å². The summed E-state index contributed by atoms with van der Waals surface area (Å²) in [6.07, 6.45) is 4.65. The summed E-state index contributed by atoms with van der Waals surface area (Å²) >= 11 is 0. The molecule has 3 N–H and O–H groups in total. The number of aromatic nitrogens is 3. The van der Waals surface area contributed by atoms with Crippen LogP contribution in [0, 0.1) is 11.3 Å². The third kappa shape index (κ3) is 3.46. The minimum Gasteiger partial charge on any atom is -0.388 e. The highest BCUT2D eigenvalue weighted by Crippen LogP contribution is 2.39. The predicted molar refractivity (Wildman–Crippen MR) is 117 cm³/mol. The largest absolute Gasteiger partial charge is 0.388 e. The number of nitrogens with one attached hydrogen (secondary N) is 2. The normalized spacial score (nSPS) is 22.8. The minimum absolute atomic E-state index is 0.0304. The van der Waals surface area contributed by atoms with Crippen LogP contribution in [0.25, 0.3) is 11.0 Å². The fourth-order valence-corrected chi connectivity index (χ4v) is 4.77. The van der Waals surface area contributed by atoms with E-state index in [1.54, 1.807) is 13.1 Å². The number of nitriles is 1. The van der Waals surface area contributed by atoms with Crippen molar-refractivity contribution >= 4 is 22.7 Å². The van der Waals surface area contributed by atoms with Crippen LogP contribution in [0.15, 0.2) is 35.3 Å². The highest BCUT2D eigenvalue weighted by molar-refractivity contribution is 5.77. The summed E-state index contributed by atoms with van der Waals surface area (Å²) in [4.78, 5) is 22.1. The molecule has 1 saturated carbocycles. The van der Waals surface area contributed by atoms with Gasteiger partial charge in [-0.25, -0.2) is 4.98 Å². The van der Waals surface area contributed by atoms with E-state index in [1.807, 2.05) is 12.1 Å². The number of fused-ring (bicyclic) bond motifs is 2. The maximum atomic E-state index is 13.1. The minimum atomic E-state index is -1.03. The predicted octanol–water partition coefficient (Wildman–Crippen LogP) is 2.53. The van der Waals surface area contributed by atoms with Crippen LogP contribution in [-0.2, 0) is 13.0 Å². The Kier molecular flexibility index (Phi) is 4.73. The zero-order chi connectivity index (χ0) is 21.6. The molecular formula is C23H24N6O2. The van der Waals surface area contributed by atoms with Gasteiger partial charge in [-0.3, -0.25) is 9.36 Å². The summed E-state index contributed by atoms with van der Waals surface area (Å²) in [5, 5.41) is 27.5. The van der Waals surface area contributed by atoms with Crippen molar-refractivity contribution in [1.29, 1.82) is 5.26 Å². The second kappa shape index (κ2) is 7.45. The van der Waals surface area contributed by atoms with Crippen LogP contribution in [0.2, 0.25) is 0 Å². The lowest BCUT2D eigenvalue weighted by Gasteiger charge is -2.28. The van der Waals surface area contributed by atoms with E-state index in [2.05, 4.69) is 32.7 Å². The fraction of sp³-hybridized carbons (Fsp3) is 0.391. The van der Waals surface area contributed by atoms with Crippen LogP contribution in [0.4, 0.5) is 11.6 Å². The molecule has 2 aromatic heterocycles. The van der Waals surface area contributed by atoms with Gasteiger partial charge in [0.25, 0.3) is 5.56 Å². The molecule has 158 valence electrons. The van der Waals surface area contributed by atoms with Crippen LogP contribution in [0.5, 0.6) is 0 Å². The van der Waals surface area contributed by atoms with Gasteiger partial charge in [-0.15, -0.1) is 0 Å². The lowest BCUT2D eigenvalue weighted by Crippen LogP contribution is -2.38. The van der Waals surface area contributed by atoms with E-state index < -0.39 is 17.2 Å². The highest BCUT2D eigenvalue weighted by Gasteiger charge is 2.39. The molecule has 8 heteroatoms. The molecule has 0 bridgehead atoms. The number of hydrogen-bond donors (Lipinski definition) is 3. The van der Waals surface area contributed by atoms with Gasteiger partial charge in [-0.1, -0.05) is 6.07 Å². The number of nitrogens with zero attached hydrogens (tertiary/aromatic N) is 4. The second-order valence-corrected chi connectivity index (χ2v) is 8.62. The standard InChI is InChI=1S/C23H24N6O2/c1-23(31)7-2-3-19(23)29-20-17(9-16(11-24)21(29)30)13-26-22(28-20)27-18-5-4-15-12-25-8-6-14(15)10-18/h4-5,9-10,13,19,25,31H,2-3,6-8,12H2,1H3,(H,26,27,28). The Morgan fingerprint density at radius 2 is 2.23 bits per heavy atom. The molecule has 2 aliphatic rings. The monoisotopic (exact) mass is 416 g/mol. The van der Waals surface area contributed by atoms with Crippen LogP contribution in [0.3, 0.4) is 0 Å². The van der Waals surface area contributed by atoms with Gasteiger partial charge >= 0.3 is 0 Å². The average Bonchev–Trinajstić information content (AvgIpc) is 3.12. The zero-order valence-corrected chi connectivity index (χ0v) is 17.4. The Bertz CT molecular complexity index is 1270.